The van der Waals surface area contributed by atoms with Crippen LogP contribution in [0, 0.1) is 0 Å². The Morgan fingerprint density at radius 3 is 2.75 bits per heavy atom. The summed E-state index contributed by atoms with van der Waals surface area (Å²) in [5, 5.41) is 3.26. The van der Waals surface area contributed by atoms with Crippen LogP contribution in [0.1, 0.15) is 43.7 Å². The quantitative estimate of drug-likeness (QED) is 0.407. The molecule has 6 nitrogen and oxygen atoms in total. The molecule has 28 heavy (non-hydrogen) atoms. The molecule has 6 heteroatoms. The van der Waals surface area contributed by atoms with E-state index in [2.05, 4.69) is 51.3 Å². The number of likely N-dealkylation sites (tertiary alicyclic amines) is 1. The lowest BCUT2D eigenvalue weighted by Crippen LogP contribution is -2.39. The van der Waals surface area contributed by atoms with Crippen LogP contribution in [0.3, 0.4) is 0 Å². The number of aliphatic imine (C=N–C) groups is 1. The molecule has 0 amide bonds. The summed E-state index contributed by atoms with van der Waals surface area (Å²) in [4.78, 5) is 9.62. The summed E-state index contributed by atoms with van der Waals surface area (Å²) in [6.07, 6.45) is 5.05. The van der Waals surface area contributed by atoms with Crippen molar-refractivity contribution in [1.29, 1.82) is 0 Å². The van der Waals surface area contributed by atoms with E-state index in [0.29, 0.717) is 18.5 Å². The van der Waals surface area contributed by atoms with Gasteiger partial charge in [0.1, 0.15) is 0 Å². The van der Waals surface area contributed by atoms with Crippen LogP contribution in [0.5, 0.6) is 0 Å². The second kappa shape index (κ2) is 11.4. The smallest absolute Gasteiger partial charge is 0.188 e. The molecule has 3 rings (SSSR count). The number of nitrogens with one attached hydrogen (secondary N) is 1. The minimum Gasteiger partial charge on any atom is -0.379 e. The molecule has 2 fully saturated rings. The number of guanidine groups is 1. The number of hydrogen-bond acceptors (Lipinski definition) is 4. The lowest BCUT2D eigenvalue weighted by molar-refractivity contribution is 0.0376. The molecule has 1 unspecified atom stereocenters. The van der Waals surface area contributed by atoms with Crippen molar-refractivity contribution in [3.8, 4) is 0 Å². The zero-order valence-electron chi connectivity index (χ0n) is 17.4. The summed E-state index contributed by atoms with van der Waals surface area (Å²) in [6, 6.07) is 9.31. The van der Waals surface area contributed by atoms with Crippen molar-refractivity contribution in [1.82, 2.24) is 15.1 Å². The van der Waals surface area contributed by atoms with Gasteiger partial charge in [-0.25, -0.2) is 4.99 Å². The molecule has 2 saturated heterocycles. The number of nitrogens with zero attached hydrogens (tertiary/aromatic N) is 3. The number of benzene rings is 1. The standard InChI is InChI=1S/C22H37N5O/c1-19-7-4-5-12-27(19)18-21-9-3-2-8-20(21)17-25-22(23)24-10-6-11-26-13-15-28-16-14-26/h2-3,8-9,19H,4-7,10-18H2,1H3,(H3,23,24,25). The van der Waals surface area contributed by atoms with E-state index >= 15 is 0 Å². The van der Waals surface area contributed by atoms with Crippen molar-refractivity contribution in [2.45, 2.75) is 51.7 Å². The summed E-state index contributed by atoms with van der Waals surface area (Å²) >= 11 is 0. The molecular weight excluding hydrogens is 350 g/mol. The third kappa shape index (κ3) is 6.76. The summed E-state index contributed by atoms with van der Waals surface area (Å²) in [5.41, 5.74) is 8.74. The summed E-state index contributed by atoms with van der Waals surface area (Å²) in [7, 11) is 0. The molecule has 0 aliphatic carbocycles. The minimum atomic E-state index is 0.545. The zero-order valence-corrected chi connectivity index (χ0v) is 17.4. The second-order valence-electron chi connectivity index (χ2n) is 8.02. The Morgan fingerprint density at radius 1 is 1.18 bits per heavy atom. The van der Waals surface area contributed by atoms with Gasteiger partial charge in [-0.05, 0) is 50.4 Å². The molecule has 2 aliphatic rings. The monoisotopic (exact) mass is 387 g/mol. The zero-order chi connectivity index (χ0) is 19.6. The number of rotatable bonds is 8. The highest BCUT2D eigenvalue weighted by Gasteiger charge is 2.19. The number of piperidine rings is 1. The highest BCUT2D eigenvalue weighted by Crippen LogP contribution is 2.21. The van der Waals surface area contributed by atoms with Crippen molar-refractivity contribution in [3.05, 3.63) is 35.4 Å². The van der Waals surface area contributed by atoms with E-state index in [1.807, 2.05) is 0 Å². The van der Waals surface area contributed by atoms with Crippen LogP contribution in [-0.2, 0) is 17.8 Å². The topological polar surface area (TPSA) is 66.1 Å². The lowest BCUT2D eigenvalue weighted by Gasteiger charge is -2.33. The molecule has 0 aromatic heterocycles. The highest BCUT2D eigenvalue weighted by molar-refractivity contribution is 5.77. The van der Waals surface area contributed by atoms with Crippen LogP contribution in [0.25, 0.3) is 0 Å². The van der Waals surface area contributed by atoms with Crippen LogP contribution < -0.4 is 11.1 Å². The van der Waals surface area contributed by atoms with Crippen molar-refractivity contribution in [3.63, 3.8) is 0 Å². The predicted octanol–water partition coefficient (Wildman–Crippen LogP) is 2.19. The first-order chi connectivity index (χ1) is 13.7. The van der Waals surface area contributed by atoms with Gasteiger partial charge < -0.3 is 15.8 Å². The van der Waals surface area contributed by atoms with Gasteiger partial charge in [0, 0.05) is 32.2 Å². The molecule has 1 atom stereocenters. The molecule has 2 heterocycles. The Hall–Kier alpha value is -1.63. The number of hydrogen-bond donors (Lipinski definition) is 2. The number of nitrogens with two attached hydrogens (primary N) is 1. The first-order valence-electron chi connectivity index (χ1n) is 10.9. The first kappa shape index (κ1) is 21.1. The molecule has 2 aliphatic heterocycles. The SMILES string of the molecule is CC1CCCCN1Cc1ccccc1CN=C(N)NCCCN1CCOCC1. The van der Waals surface area contributed by atoms with E-state index in [1.54, 1.807) is 0 Å². The van der Waals surface area contributed by atoms with Crippen LogP contribution in [0.15, 0.2) is 29.3 Å². The van der Waals surface area contributed by atoms with E-state index in [-0.39, 0.29) is 0 Å². The van der Waals surface area contributed by atoms with Crippen LogP contribution in [0.4, 0.5) is 0 Å². The number of ether oxygens (including phenoxy) is 1. The van der Waals surface area contributed by atoms with Gasteiger partial charge in [-0.1, -0.05) is 30.7 Å². The van der Waals surface area contributed by atoms with Crippen LogP contribution in [-0.4, -0.2) is 67.7 Å². The fourth-order valence-electron chi connectivity index (χ4n) is 4.05. The van der Waals surface area contributed by atoms with Crippen LogP contribution >= 0.6 is 0 Å². The van der Waals surface area contributed by atoms with Crippen molar-refractivity contribution < 1.29 is 4.74 Å². The van der Waals surface area contributed by atoms with Crippen LogP contribution in [0.2, 0.25) is 0 Å². The minimum absolute atomic E-state index is 0.545. The van der Waals surface area contributed by atoms with E-state index in [4.69, 9.17) is 10.5 Å². The normalized spacial score (nSPS) is 22.3. The Morgan fingerprint density at radius 2 is 1.96 bits per heavy atom. The predicted molar refractivity (Wildman–Crippen MR) is 115 cm³/mol. The Balaban J connectivity index is 1.43. The van der Waals surface area contributed by atoms with E-state index in [1.165, 1.54) is 36.9 Å². The second-order valence-corrected chi connectivity index (χ2v) is 8.02. The summed E-state index contributed by atoms with van der Waals surface area (Å²) in [5.74, 6) is 0.545. The van der Waals surface area contributed by atoms with Crippen molar-refractivity contribution in [2.24, 2.45) is 10.7 Å². The average molecular weight is 388 g/mol. The highest BCUT2D eigenvalue weighted by atomic mass is 16.5. The Labute approximate surface area is 170 Å². The lowest BCUT2D eigenvalue weighted by atomic mass is 10.0. The average Bonchev–Trinajstić information content (AvgIpc) is 2.73. The molecular formula is C22H37N5O. The number of morpholine rings is 1. The van der Waals surface area contributed by atoms with Gasteiger partial charge in [-0.3, -0.25) is 9.80 Å². The molecule has 1 aromatic rings. The van der Waals surface area contributed by atoms with Gasteiger partial charge in [0.25, 0.3) is 0 Å². The van der Waals surface area contributed by atoms with Crippen molar-refractivity contribution >= 4 is 5.96 Å². The van der Waals surface area contributed by atoms with Crippen molar-refractivity contribution in [2.75, 3.05) is 45.9 Å². The molecule has 0 saturated carbocycles. The summed E-state index contributed by atoms with van der Waals surface area (Å²) in [6.45, 7) is 10.9. The molecule has 0 radical (unpaired) electrons. The van der Waals surface area contributed by atoms with E-state index in [9.17, 15) is 0 Å². The Bertz CT molecular complexity index is 615. The molecule has 156 valence electrons. The fraction of sp³-hybridized carbons (Fsp3) is 0.682. The van der Waals surface area contributed by atoms with E-state index < -0.39 is 0 Å². The maximum atomic E-state index is 6.09. The Kier molecular flexibility index (Phi) is 8.58. The molecule has 0 bridgehead atoms. The maximum Gasteiger partial charge on any atom is 0.188 e. The van der Waals surface area contributed by atoms with Gasteiger partial charge in [0.2, 0.25) is 0 Å². The third-order valence-electron chi connectivity index (χ3n) is 5.91. The van der Waals surface area contributed by atoms with Gasteiger partial charge >= 0.3 is 0 Å². The molecule has 0 spiro atoms. The van der Waals surface area contributed by atoms with Gasteiger partial charge in [0.15, 0.2) is 5.96 Å². The van der Waals surface area contributed by atoms with Gasteiger partial charge in [-0.15, -0.1) is 0 Å². The molecule has 3 N–H and O–H groups in total. The fourth-order valence-corrected chi connectivity index (χ4v) is 4.05. The van der Waals surface area contributed by atoms with Gasteiger partial charge in [0.05, 0.1) is 19.8 Å². The summed E-state index contributed by atoms with van der Waals surface area (Å²) < 4.78 is 5.38. The molecule has 1 aromatic carbocycles. The third-order valence-corrected chi connectivity index (χ3v) is 5.91. The van der Waals surface area contributed by atoms with E-state index in [0.717, 1.165) is 52.4 Å². The van der Waals surface area contributed by atoms with Gasteiger partial charge in [-0.2, -0.15) is 0 Å². The maximum absolute atomic E-state index is 6.09. The largest absolute Gasteiger partial charge is 0.379 e. The first-order valence-corrected chi connectivity index (χ1v) is 10.9.